The largest absolute Gasteiger partial charge is 0.0767 e. The summed E-state index contributed by atoms with van der Waals surface area (Å²) in [6.45, 7) is 6.57. The van der Waals surface area contributed by atoms with Crippen molar-refractivity contribution >= 4 is 6.08 Å². The minimum absolute atomic E-state index is 0.450. The van der Waals surface area contributed by atoms with Gasteiger partial charge in [0.05, 0.1) is 0 Å². The summed E-state index contributed by atoms with van der Waals surface area (Å²) < 4.78 is 0. The molecular formula is C18H20. The lowest BCUT2D eigenvalue weighted by Crippen LogP contribution is -1.92. The average Bonchev–Trinajstić information content (AvgIpc) is 2.38. The molecule has 0 saturated carbocycles. The van der Waals surface area contributed by atoms with Crippen LogP contribution in [0.1, 0.15) is 35.1 Å². The van der Waals surface area contributed by atoms with E-state index in [0.717, 1.165) is 0 Å². The highest BCUT2D eigenvalue weighted by Crippen LogP contribution is 2.21. The van der Waals surface area contributed by atoms with Crippen LogP contribution in [0.25, 0.3) is 6.08 Å². The second kappa shape index (κ2) is 5.68. The third kappa shape index (κ3) is 2.89. The normalized spacial score (nSPS) is 12.8. The molecule has 2 aromatic carbocycles. The van der Waals surface area contributed by atoms with Gasteiger partial charge in [0, 0.05) is 0 Å². The zero-order valence-electron chi connectivity index (χ0n) is 11.4. The van der Waals surface area contributed by atoms with E-state index >= 15 is 0 Å². The molecule has 0 aliphatic carbocycles. The van der Waals surface area contributed by atoms with Gasteiger partial charge < -0.3 is 0 Å². The Kier molecular flexibility index (Phi) is 3.99. The fourth-order valence-electron chi connectivity index (χ4n) is 2.22. The van der Waals surface area contributed by atoms with Crippen LogP contribution in [0.3, 0.4) is 0 Å². The summed E-state index contributed by atoms with van der Waals surface area (Å²) >= 11 is 0. The van der Waals surface area contributed by atoms with E-state index < -0.39 is 0 Å². The van der Waals surface area contributed by atoms with E-state index in [1.807, 2.05) is 0 Å². The van der Waals surface area contributed by atoms with Crippen LogP contribution in [0.5, 0.6) is 0 Å². The second-order valence-corrected chi connectivity index (χ2v) is 4.86. The first kappa shape index (κ1) is 12.6. The molecule has 0 bridgehead atoms. The van der Waals surface area contributed by atoms with Crippen LogP contribution in [0.15, 0.2) is 54.6 Å². The van der Waals surface area contributed by atoms with Crippen molar-refractivity contribution in [1.82, 2.24) is 0 Å². The van der Waals surface area contributed by atoms with E-state index in [4.69, 9.17) is 0 Å². The lowest BCUT2D eigenvalue weighted by Gasteiger charge is -2.10. The monoisotopic (exact) mass is 236 g/mol. The van der Waals surface area contributed by atoms with E-state index in [-0.39, 0.29) is 0 Å². The Hall–Kier alpha value is -1.82. The zero-order chi connectivity index (χ0) is 13.0. The van der Waals surface area contributed by atoms with Gasteiger partial charge in [-0.3, -0.25) is 0 Å². The molecule has 0 heterocycles. The smallest absolute Gasteiger partial charge is 0.000448 e. The van der Waals surface area contributed by atoms with Gasteiger partial charge >= 0.3 is 0 Å². The summed E-state index contributed by atoms with van der Waals surface area (Å²) in [6, 6.07) is 17.1. The van der Waals surface area contributed by atoms with Crippen LogP contribution in [0.2, 0.25) is 0 Å². The van der Waals surface area contributed by atoms with E-state index in [1.165, 1.54) is 22.3 Å². The first-order chi connectivity index (χ1) is 8.68. The summed E-state index contributed by atoms with van der Waals surface area (Å²) in [4.78, 5) is 0. The molecule has 0 aliphatic heterocycles. The molecule has 0 radical (unpaired) electrons. The summed E-state index contributed by atoms with van der Waals surface area (Å²) in [5.74, 6) is 0.450. The van der Waals surface area contributed by atoms with Crippen molar-refractivity contribution in [2.45, 2.75) is 26.7 Å². The summed E-state index contributed by atoms with van der Waals surface area (Å²) in [6.07, 6.45) is 4.51. The number of rotatable bonds is 3. The minimum atomic E-state index is 0.450. The lowest BCUT2D eigenvalue weighted by molar-refractivity contribution is 0.957. The third-order valence-corrected chi connectivity index (χ3v) is 3.43. The quantitative estimate of drug-likeness (QED) is 0.693. The van der Waals surface area contributed by atoms with Gasteiger partial charge in [-0.15, -0.1) is 0 Å². The Balaban J connectivity index is 2.20. The van der Waals surface area contributed by atoms with Gasteiger partial charge in [-0.2, -0.15) is 0 Å². The van der Waals surface area contributed by atoms with Crippen molar-refractivity contribution in [2.75, 3.05) is 0 Å². The third-order valence-electron chi connectivity index (χ3n) is 3.43. The highest BCUT2D eigenvalue weighted by molar-refractivity contribution is 5.54. The lowest BCUT2D eigenvalue weighted by atomic mass is 9.95. The van der Waals surface area contributed by atoms with Gasteiger partial charge in [0.25, 0.3) is 0 Å². The molecule has 0 aromatic heterocycles. The van der Waals surface area contributed by atoms with Crippen molar-refractivity contribution in [3.05, 3.63) is 76.9 Å². The number of benzene rings is 2. The van der Waals surface area contributed by atoms with Gasteiger partial charge in [0.1, 0.15) is 0 Å². The molecule has 0 spiro atoms. The molecular weight excluding hydrogens is 216 g/mol. The maximum absolute atomic E-state index is 2.28. The fourth-order valence-corrected chi connectivity index (χ4v) is 2.22. The van der Waals surface area contributed by atoms with Gasteiger partial charge in [0.15, 0.2) is 0 Å². The van der Waals surface area contributed by atoms with Crippen LogP contribution in [0.4, 0.5) is 0 Å². The molecule has 0 nitrogen and oxygen atoms in total. The summed E-state index contributed by atoms with van der Waals surface area (Å²) in [5, 5.41) is 0. The number of aryl methyl sites for hydroxylation is 2. The SMILES string of the molecule is Cc1ccccc1C=CC(C)c1ccccc1C. The first-order valence-corrected chi connectivity index (χ1v) is 6.48. The molecule has 0 amide bonds. The molecule has 92 valence electrons. The second-order valence-electron chi connectivity index (χ2n) is 4.86. The molecule has 0 N–H and O–H groups in total. The molecule has 1 atom stereocenters. The topological polar surface area (TPSA) is 0 Å². The molecule has 1 unspecified atom stereocenters. The van der Waals surface area contributed by atoms with Gasteiger partial charge in [0.2, 0.25) is 0 Å². The highest BCUT2D eigenvalue weighted by Gasteiger charge is 2.03. The Morgan fingerprint density at radius 1 is 0.833 bits per heavy atom. The molecule has 0 heteroatoms. The van der Waals surface area contributed by atoms with Crippen LogP contribution in [-0.2, 0) is 0 Å². The molecule has 2 aromatic rings. The van der Waals surface area contributed by atoms with Gasteiger partial charge in [-0.25, -0.2) is 0 Å². The molecule has 0 saturated heterocycles. The van der Waals surface area contributed by atoms with Crippen LogP contribution in [-0.4, -0.2) is 0 Å². The van der Waals surface area contributed by atoms with E-state index in [9.17, 15) is 0 Å². The van der Waals surface area contributed by atoms with Crippen molar-refractivity contribution in [2.24, 2.45) is 0 Å². The van der Waals surface area contributed by atoms with E-state index in [2.05, 4.69) is 81.5 Å². The van der Waals surface area contributed by atoms with Gasteiger partial charge in [-0.1, -0.05) is 67.6 Å². The Bertz CT molecular complexity index is 549. The number of allylic oxidation sites excluding steroid dienone is 1. The molecule has 18 heavy (non-hydrogen) atoms. The number of hydrogen-bond acceptors (Lipinski definition) is 0. The van der Waals surface area contributed by atoms with Crippen LogP contribution in [0, 0.1) is 13.8 Å². The Morgan fingerprint density at radius 2 is 1.44 bits per heavy atom. The van der Waals surface area contributed by atoms with Gasteiger partial charge in [-0.05, 0) is 42.0 Å². The fraction of sp³-hybridized carbons (Fsp3) is 0.222. The standard InChI is InChI=1S/C18H20/c1-14-8-4-6-10-17(14)13-12-16(3)18-11-7-5-9-15(18)2/h4-13,16H,1-3H3. The first-order valence-electron chi connectivity index (χ1n) is 6.48. The van der Waals surface area contributed by atoms with Crippen molar-refractivity contribution in [1.29, 1.82) is 0 Å². The predicted molar refractivity (Wildman–Crippen MR) is 79.8 cm³/mol. The Labute approximate surface area is 110 Å². The highest BCUT2D eigenvalue weighted by atomic mass is 14.1. The molecule has 2 rings (SSSR count). The van der Waals surface area contributed by atoms with Crippen LogP contribution >= 0.6 is 0 Å². The van der Waals surface area contributed by atoms with E-state index in [1.54, 1.807) is 0 Å². The van der Waals surface area contributed by atoms with E-state index in [0.29, 0.717) is 5.92 Å². The maximum Gasteiger partial charge on any atom is -0.000448 e. The van der Waals surface area contributed by atoms with Crippen LogP contribution < -0.4 is 0 Å². The maximum atomic E-state index is 2.28. The van der Waals surface area contributed by atoms with Crippen molar-refractivity contribution in [3.63, 3.8) is 0 Å². The van der Waals surface area contributed by atoms with Crippen molar-refractivity contribution < 1.29 is 0 Å². The summed E-state index contributed by atoms with van der Waals surface area (Å²) in [5.41, 5.74) is 5.39. The average molecular weight is 236 g/mol. The molecule has 0 aliphatic rings. The zero-order valence-corrected chi connectivity index (χ0v) is 11.4. The molecule has 0 fully saturated rings. The Morgan fingerprint density at radius 3 is 2.11 bits per heavy atom. The van der Waals surface area contributed by atoms with Crippen molar-refractivity contribution in [3.8, 4) is 0 Å². The predicted octanol–water partition coefficient (Wildman–Crippen LogP) is 5.12. The minimum Gasteiger partial charge on any atom is -0.0767 e. The summed E-state index contributed by atoms with van der Waals surface area (Å²) in [7, 11) is 0. The number of hydrogen-bond donors (Lipinski definition) is 0.